The number of carbonyl (C=O) groups is 2. The standard InChI is InChI=1S/C35H28F6N2O3/c1-19-21(3)43(18-22-8-10-23(11-9-22)26-6-4-5-7-27(26)33(45)46)31-15-12-24(16-28(19)31)32(44)42-20(2)29-17-25(34(36,37)38)13-14-30(29)35(39,40)41/h4-17,20H,18H2,1-3H3,(H,42,44)(H,45,46)/t20-/m1/s1. The maximum Gasteiger partial charge on any atom is 0.416 e. The number of benzene rings is 4. The molecule has 0 saturated carbocycles. The molecule has 5 rings (SSSR count). The Morgan fingerprint density at radius 1 is 0.848 bits per heavy atom. The zero-order chi connectivity index (χ0) is 33.6. The number of nitrogens with zero attached hydrogens (tertiary/aromatic N) is 1. The average molecular weight is 639 g/mol. The van der Waals surface area contributed by atoms with Crippen molar-refractivity contribution in [1.82, 2.24) is 9.88 Å². The smallest absolute Gasteiger partial charge is 0.416 e. The Labute approximate surface area is 260 Å². The van der Waals surface area contributed by atoms with Gasteiger partial charge in [-0.15, -0.1) is 0 Å². The van der Waals surface area contributed by atoms with Crippen LogP contribution in [0, 0.1) is 13.8 Å². The molecule has 0 radical (unpaired) electrons. The highest BCUT2D eigenvalue weighted by atomic mass is 19.4. The van der Waals surface area contributed by atoms with Crippen LogP contribution >= 0.6 is 0 Å². The first-order valence-corrected chi connectivity index (χ1v) is 14.2. The summed E-state index contributed by atoms with van der Waals surface area (Å²) in [7, 11) is 0. The number of halogens is 6. The third-order valence-electron chi connectivity index (χ3n) is 8.16. The first-order valence-electron chi connectivity index (χ1n) is 14.2. The molecule has 0 aliphatic carbocycles. The van der Waals surface area contributed by atoms with Crippen LogP contribution in [-0.4, -0.2) is 21.6 Å². The zero-order valence-corrected chi connectivity index (χ0v) is 24.8. The van der Waals surface area contributed by atoms with Crippen LogP contribution < -0.4 is 5.32 Å². The van der Waals surface area contributed by atoms with Crippen LogP contribution in [0.3, 0.4) is 0 Å². The van der Waals surface area contributed by atoms with Crippen molar-refractivity contribution in [1.29, 1.82) is 0 Å². The SMILES string of the molecule is Cc1c(C)n(Cc2ccc(-c3ccccc3C(=O)O)cc2)c2ccc(C(=O)N[C@H](C)c3cc(C(F)(F)F)ccc3C(F)(F)F)cc12. The molecule has 0 saturated heterocycles. The van der Waals surface area contributed by atoms with E-state index < -0.39 is 47.0 Å². The predicted molar refractivity (Wildman–Crippen MR) is 162 cm³/mol. The number of fused-ring (bicyclic) bond motifs is 1. The molecule has 0 fully saturated rings. The zero-order valence-electron chi connectivity index (χ0n) is 24.8. The second-order valence-electron chi connectivity index (χ2n) is 11.1. The fourth-order valence-electron chi connectivity index (χ4n) is 5.60. The Morgan fingerprint density at radius 2 is 1.52 bits per heavy atom. The molecule has 2 N–H and O–H groups in total. The first-order chi connectivity index (χ1) is 21.6. The number of hydrogen-bond donors (Lipinski definition) is 2. The molecule has 1 heterocycles. The number of alkyl halides is 6. The van der Waals surface area contributed by atoms with Gasteiger partial charge in [-0.05, 0) is 91.1 Å². The first kappa shape index (κ1) is 32.3. The summed E-state index contributed by atoms with van der Waals surface area (Å²) in [5.74, 6) is -1.75. The Hall–Kier alpha value is -5.06. The van der Waals surface area contributed by atoms with Crippen molar-refractivity contribution in [3.63, 3.8) is 0 Å². The van der Waals surface area contributed by atoms with Gasteiger partial charge >= 0.3 is 18.3 Å². The number of aryl methyl sites for hydroxylation is 1. The number of nitrogens with one attached hydrogen (secondary N) is 1. The topological polar surface area (TPSA) is 71.3 Å². The maximum atomic E-state index is 13.6. The largest absolute Gasteiger partial charge is 0.478 e. The number of rotatable bonds is 7. The molecule has 1 aromatic heterocycles. The van der Waals surface area contributed by atoms with E-state index in [1.165, 1.54) is 13.0 Å². The van der Waals surface area contributed by atoms with Crippen LogP contribution in [0.1, 0.15) is 67.2 Å². The number of aromatic carboxylic acids is 1. The van der Waals surface area contributed by atoms with Gasteiger partial charge in [0.2, 0.25) is 0 Å². The molecule has 1 atom stereocenters. The van der Waals surface area contributed by atoms with Gasteiger partial charge in [-0.1, -0.05) is 42.5 Å². The Kier molecular flexibility index (Phi) is 8.46. The quantitative estimate of drug-likeness (QED) is 0.175. The van der Waals surface area contributed by atoms with Crippen molar-refractivity contribution in [3.05, 3.63) is 130 Å². The van der Waals surface area contributed by atoms with E-state index in [0.29, 0.717) is 30.3 Å². The van der Waals surface area contributed by atoms with Crippen molar-refractivity contribution in [2.45, 2.75) is 45.7 Å². The lowest BCUT2D eigenvalue weighted by atomic mass is 9.97. The van der Waals surface area contributed by atoms with E-state index in [0.717, 1.165) is 33.3 Å². The van der Waals surface area contributed by atoms with Crippen molar-refractivity contribution in [2.75, 3.05) is 0 Å². The van der Waals surface area contributed by atoms with Gasteiger partial charge in [-0.3, -0.25) is 4.79 Å². The Bertz CT molecular complexity index is 1960. The van der Waals surface area contributed by atoms with E-state index in [-0.39, 0.29) is 11.1 Å². The minimum atomic E-state index is -4.92. The fourth-order valence-corrected chi connectivity index (χ4v) is 5.60. The molecule has 46 heavy (non-hydrogen) atoms. The highest BCUT2D eigenvalue weighted by Crippen LogP contribution is 2.39. The lowest BCUT2D eigenvalue weighted by Crippen LogP contribution is -2.28. The molecule has 0 bridgehead atoms. The third-order valence-corrected chi connectivity index (χ3v) is 8.16. The van der Waals surface area contributed by atoms with Crippen LogP contribution in [0.15, 0.2) is 84.9 Å². The van der Waals surface area contributed by atoms with Crippen LogP contribution in [0.4, 0.5) is 26.3 Å². The maximum absolute atomic E-state index is 13.6. The average Bonchev–Trinajstić information content (AvgIpc) is 3.24. The van der Waals surface area contributed by atoms with Crippen molar-refractivity contribution in [2.24, 2.45) is 0 Å². The van der Waals surface area contributed by atoms with Crippen molar-refractivity contribution >= 4 is 22.8 Å². The monoisotopic (exact) mass is 638 g/mol. The fraction of sp³-hybridized carbons (Fsp3) is 0.200. The lowest BCUT2D eigenvalue weighted by molar-refractivity contribution is -0.142. The summed E-state index contributed by atoms with van der Waals surface area (Å²) in [4.78, 5) is 24.8. The number of carbonyl (C=O) groups excluding carboxylic acids is 1. The molecule has 4 aromatic carbocycles. The number of carboxylic acids is 1. The van der Waals surface area contributed by atoms with Crippen LogP contribution in [-0.2, 0) is 18.9 Å². The molecule has 0 aliphatic heterocycles. The molecule has 11 heteroatoms. The minimum absolute atomic E-state index is 0.140. The van der Waals surface area contributed by atoms with Crippen LogP contribution in [0.25, 0.3) is 22.0 Å². The van der Waals surface area contributed by atoms with Crippen molar-refractivity contribution < 1.29 is 41.0 Å². The molecule has 0 spiro atoms. The van der Waals surface area contributed by atoms with E-state index in [4.69, 9.17) is 0 Å². The normalized spacial score (nSPS) is 12.7. The van der Waals surface area contributed by atoms with E-state index in [1.54, 1.807) is 36.4 Å². The molecule has 238 valence electrons. The summed E-state index contributed by atoms with van der Waals surface area (Å²) in [6, 6.07) is 18.9. The van der Waals surface area contributed by atoms with Gasteiger partial charge in [0.25, 0.3) is 5.91 Å². The molecular formula is C35H28F6N2O3. The summed E-state index contributed by atoms with van der Waals surface area (Å²) in [6.45, 7) is 5.47. The van der Waals surface area contributed by atoms with Crippen LogP contribution in [0.2, 0.25) is 0 Å². The predicted octanol–water partition coefficient (Wildman–Crippen LogP) is 9.20. The van der Waals surface area contributed by atoms with Gasteiger partial charge in [-0.25, -0.2) is 4.79 Å². The Balaban J connectivity index is 1.40. The molecular weight excluding hydrogens is 610 g/mol. The highest BCUT2D eigenvalue weighted by molar-refractivity contribution is 5.99. The van der Waals surface area contributed by atoms with Crippen LogP contribution in [0.5, 0.6) is 0 Å². The summed E-state index contributed by atoms with van der Waals surface area (Å²) >= 11 is 0. The highest BCUT2D eigenvalue weighted by Gasteiger charge is 2.38. The molecule has 1 amide bonds. The van der Waals surface area contributed by atoms with Gasteiger partial charge < -0.3 is 15.0 Å². The number of hydrogen-bond acceptors (Lipinski definition) is 2. The van der Waals surface area contributed by atoms with Gasteiger partial charge in [0.05, 0.1) is 22.7 Å². The molecule has 0 aliphatic rings. The minimum Gasteiger partial charge on any atom is -0.478 e. The lowest BCUT2D eigenvalue weighted by Gasteiger charge is -2.21. The number of amides is 1. The van der Waals surface area contributed by atoms with Gasteiger partial charge in [0.15, 0.2) is 0 Å². The summed E-state index contributed by atoms with van der Waals surface area (Å²) < 4.78 is 82.8. The second kappa shape index (κ2) is 12.0. The number of carboxylic acid groups (broad SMARTS) is 1. The van der Waals surface area contributed by atoms with Gasteiger partial charge in [-0.2, -0.15) is 26.3 Å². The van der Waals surface area contributed by atoms with E-state index in [1.807, 2.05) is 42.7 Å². The molecule has 0 unspecified atom stereocenters. The van der Waals surface area contributed by atoms with E-state index >= 15 is 0 Å². The molecule has 5 nitrogen and oxygen atoms in total. The van der Waals surface area contributed by atoms with E-state index in [2.05, 4.69) is 5.32 Å². The van der Waals surface area contributed by atoms with Gasteiger partial charge in [0, 0.05) is 28.7 Å². The van der Waals surface area contributed by atoms with Gasteiger partial charge in [0.1, 0.15) is 0 Å². The Morgan fingerprint density at radius 3 is 2.15 bits per heavy atom. The van der Waals surface area contributed by atoms with Crippen molar-refractivity contribution in [3.8, 4) is 11.1 Å². The summed E-state index contributed by atoms with van der Waals surface area (Å²) in [6.07, 6.45) is -9.78. The molecule has 5 aromatic rings. The summed E-state index contributed by atoms with van der Waals surface area (Å²) in [5.41, 5.74) is 2.04. The summed E-state index contributed by atoms with van der Waals surface area (Å²) in [5, 5.41) is 12.7. The van der Waals surface area contributed by atoms with E-state index in [9.17, 15) is 41.0 Å². The third kappa shape index (κ3) is 6.35. The second-order valence-corrected chi connectivity index (χ2v) is 11.1. The number of aromatic nitrogens is 1.